The van der Waals surface area contributed by atoms with Gasteiger partial charge in [-0.2, -0.15) is 4.72 Å². The van der Waals surface area contributed by atoms with Crippen LogP contribution in [0.1, 0.15) is 36.1 Å². The fourth-order valence-corrected chi connectivity index (χ4v) is 4.66. The molecule has 0 fully saturated rings. The summed E-state index contributed by atoms with van der Waals surface area (Å²) in [6, 6.07) is 16.4. The molecule has 1 atom stereocenters. The van der Waals surface area contributed by atoms with Crippen molar-refractivity contribution in [1.82, 2.24) is 14.9 Å². The summed E-state index contributed by atoms with van der Waals surface area (Å²) < 4.78 is 28.3. The van der Waals surface area contributed by atoms with Crippen LogP contribution in [0, 0.1) is 6.92 Å². The van der Waals surface area contributed by atoms with Crippen LogP contribution in [0.4, 0.5) is 5.13 Å². The summed E-state index contributed by atoms with van der Waals surface area (Å²) in [4.78, 5) is 11.5. The van der Waals surface area contributed by atoms with E-state index in [1.807, 2.05) is 61.5 Å². The zero-order valence-electron chi connectivity index (χ0n) is 15.4. The predicted molar refractivity (Wildman–Crippen MR) is 109 cm³/mol. The van der Waals surface area contributed by atoms with Crippen LogP contribution in [0.2, 0.25) is 0 Å². The summed E-state index contributed by atoms with van der Waals surface area (Å²) >= 11 is 0.814. The van der Waals surface area contributed by atoms with E-state index < -0.39 is 16.1 Å². The van der Waals surface area contributed by atoms with Gasteiger partial charge in [-0.3, -0.25) is 4.79 Å². The number of anilines is 1. The smallest absolute Gasteiger partial charge is 0.270 e. The number of nitrogens with zero attached hydrogens (tertiary/aromatic N) is 2. The van der Waals surface area contributed by atoms with Gasteiger partial charge < -0.3 is 5.32 Å². The Bertz CT molecular complexity index is 1050. The van der Waals surface area contributed by atoms with Gasteiger partial charge in [0.2, 0.25) is 15.4 Å². The minimum atomic E-state index is -3.94. The predicted octanol–water partition coefficient (Wildman–Crippen LogP) is 3.26. The van der Waals surface area contributed by atoms with Gasteiger partial charge in [-0.1, -0.05) is 78.4 Å². The summed E-state index contributed by atoms with van der Waals surface area (Å²) in [5.74, 6) is -0.255. The van der Waals surface area contributed by atoms with E-state index in [9.17, 15) is 13.2 Å². The summed E-state index contributed by atoms with van der Waals surface area (Å²) in [6.07, 6.45) is 0.267. The molecule has 3 aromatic rings. The van der Waals surface area contributed by atoms with Crippen LogP contribution in [0.15, 0.2) is 58.9 Å². The van der Waals surface area contributed by atoms with E-state index in [1.165, 1.54) is 0 Å². The van der Waals surface area contributed by atoms with Crippen LogP contribution in [-0.4, -0.2) is 24.5 Å². The lowest BCUT2D eigenvalue weighted by Crippen LogP contribution is -2.29. The minimum absolute atomic E-state index is 0.152. The number of nitrogens with one attached hydrogen (secondary N) is 2. The topological polar surface area (TPSA) is 101 Å². The van der Waals surface area contributed by atoms with Crippen molar-refractivity contribution in [3.8, 4) is 0 Å². The Morgan fingerprint density at radius 1 is 1.04 bits per heavy atom. The van der Waals surface area contributed by atoms with E-state index >= 15 is 0 Å². The van der Waals surface area contributed by atoms with Crippen molar-refractivity contribution < 1.29 is 13.2 Å². The molecule has 1 aromatic heterocycles. The summed E-state index contributed by atoms with van der Waals surface area (Å²) in [5.41, 5.74) is 2.70. The molecule has 1 amide bonds. The molecule has 9 heteroatoms. The fourth-order valence-electron chi connectivity index (χ4n) is 2.52. The molecule has 28 heavy (non-hydrogen) atoms. The van der Waals surface area contributed by atoms with Crippen LogP contribution in [-0.2, 0) is 14.8 Å². The third-order valence-corrected chi connectivity index (χ3v) is 6.65. The van der Waals surface area contributed by atoms with Crippen molar-refractivity contribution in [2.75, 3.05) is 5.32 Å². The maximum absolute atomic E-state index is 12.9. The second-order valence-corrected chi connectivity index (χ2v) is 9.02. The molecule has 2 N–H and O–H groups in total. The highest BCUT2D eigenvalue weighted by Crippen LogP contribution is 2.27. The van der Waals surface area contributed by atoms with Crippen molar-refractivity contribution in [3.05, 3.63) is 71.3 Å². The largest absolute Gasteiger partial charge is 0.301 e. The van der Waals surface area contributed by atoms with Gasteiger partial charge in [0, 0.05) is 6.42 Å². The van der Waals surface area contributed by atoms with Gasteiger partial charge in [-0.05, 0) is 18.1 Å². The molecule has 2 aromatic carbocycles. The first kappa shape index (κ1) is 20.1. The molecule has 3 rings (SSSR count). The Morgan fingerprint density at radius 3 is 2.32 bits per heavy atom. The molecule has 0 unspecified atom stereocenters. The van der Waals surface area contributed by atoms with E-state index in [1.54, 1.807) is 6.92 Å². The molecule has 0 spiro atoms. The molecular weight excluding hydrogens is 396 g/mol. The van der Waals surface area contributed by atoms with Crippen molar-refractivity contribution in [2.45, 2.75) is 30.6 Å². The zero-order valence-corrected chi connectivity index (χ0v) is 17.0. The van der Waals surface area contributed by atoms with Crippen molar-refractivity contribution in [1.29, 1.82) is 0 Å². The third-order valence-electron chi connectivity index (χ3n) is 4.02. The van der Waals surface area contributed by atoms with E-state index in [2.05, 4.69) is 20.2 Å². The van der Waals surface area contributed by atoms with Gasteiger partial charge in [0.15, 0.2) is 0 Å². The number of sulfonamides is 1. The maximum Gasteiger partial charge on any atom is 0.270 e. The number of carbonyl (C=O) groups excluding carboxylic acids is 1. The number of benzene rings is 2. The molecule has 0 saturated carbocycles. The Balaban J connectivity index is 1.91. The van der Waals surface area contributed by atoms with Crippen molar-refractivity contribution in [2.24, 2.45) is 0 Å². The lowest BCUT2D eigenvalue weighted by Gasteiger charge is -2.19. The average molecular weight is 417 g/mol. The molecule has 7 nitrogen and oxygen atoms in total. The number of amides is 1. The van der Waals surface area contributed by atoms with Crippen LogP contribution in [0.25, 0.3) is 0 Å². The summed E-state index contributed by atoms with van der Waals surface area (Å²) in [5, 5.41) is 10.2. The van der Waals surface area contributed by atoms with Crippen LogP contribution in [0.3, 0.4) is 0 Å². The molecule has 0 radical (unpaired) electrons. The van der Waals surface area contributed by atoms with Gasteiger partial charge in [-0.25, -0.2) is 8.42 Å². The second kappa shape index (κ2) is 8.59. The molecule has 146 valence electrons. The number of aromatic nitrogens is 2. The summed E-state index contributed by atoms with van der Waals surface area (Å²) in [7, 11) is -3.94. The first-order valence-electron chi connectivity index (χ1n) is 8.66. The van der Waals surface area contributed by atoms with Gasteiger partial charge in [0.05, 0.1) is 6.04 Å². The average Bonchev–Trinajstić information content (AvgIpc) is 3.17. The maximum atomic E-state index is 12.9. The molecule has 0 aliphatic heterocycles. The molecular formula is C19H20N4O3S2. The van der Waals surface area contributed by atoms with Gasteiger partial charge in [0.1, 0.15) is 0 Å². The third kappa shape index (κ3) is 4.80. The summed E-state index contributed by atoms with van der Waals surface area (Å²) in [6.45, 7) is 3.67. The Labute approximate surface area is 167 Å². The molecule has 1 heterocycles. The monoisotopic (exact) mass is 416 g/mol. The first-order chi connectivity index (χ1) is 13.4. The second-order valence-electron chi connectivity index (χ2n) is 6.15. The minimum Gasteiger partial charge on any atom is -0.301 e. The SMILES string of the molecule is CCC(=O)Nc1nnc(S(=O)(=O)N[C@H](c2ccccc2)c2ccc(C)cc2)s1. The molecule has 0 saturated heterocycles. The van der Waals surface area contributed by atoms with Crippen molar-refractivity contribution in [3.63, 3.8) is 0 Å². The highest BCUT2D eigenvalue weighted by atomic mass is 32.2. The van der Waals surface area contributed by atoms with Gasteiger partial charge in [0.25, 0.3) is 10.0 Å². The lowest BCUT2D eigenvalue weighted by molar-refractivity contribution is -0.115. The fraction of sp³-hybridized carbons (Fsp3) is 0.211. The number of hydrogen-bond acceptors (Lipinski definition) is 6. The van der Waals surface area contributed by atoms with Crippen LogP contribution < -0.4 is 10.0 Å². The van der Waals surface area contributed by atoms with Gasteiger partial charge in [-0.15, -0.1) is 10.2 Å². The zero-order chi connectivity index (χ0) is 20.1. The van der Waals surface area contributed by atoms with Gasteiger partial charge >= 0.3 is 0 Å². The first-order valence-corrected chi connectivity index (χ1v) is 11.0. The normalized spacial score (nSPS) is 12.5. The highest BCUT2D eigenvalue weighted by Gasteiger charge is 2.26. The van der Waals surface area contributed by atoms with Crippen LogP contribution in [0.5, 0.6) is 0 Å². The lowest BCUT2D eigenvalue weighted by atomic mass is 9.99. The Kier molecular flexibility index (Phi) is 6.18. The van der Waals surface area contributed by atoms with Crippen LogP contribution >= 0.6 is 11.3 Å². The highest BCUT2D eigenvalue weighted by molar-refractivity contribution is 7.91. The van der Waals surface area contributed by atoms with Crippen molar-refractivity contribution >= 4 is 32.4 Å². The van der Waals surface area contributed by atoms with E-state index in [-0.39, 0.29) is 21.8 Å². The van der Waals surface area contributed by atoms with E-state index in [0.717, 1.165) is 28.0 Å². The number of carbonyl (C=O) groups is 1. The Morgan fingerprint density at radius 2 is 1.68 bits per heavy atom. The molecule has 0 bridgehead atoms. The van der Waals surface area contributed by atoms with E-state index in [0.29, 0.717) is 0 Å². The Hall–Kier alpha value is -2.62. The number of rotatable bonds is 7. The number of hydrogen-bond donors (Lipinski definition) is 2. The quantitative estimate of drug-likeness (QED) is 0.576. The van der Waals surface area contributed by atoms with E-state index in [4.69, 9.17) is 0 Å². The standard InChI is InChI=1S/C19H20N4O3S2/c1-3-16(24)20-18-21-22-19(27-18)28(25,26)23-17(14-7-5-4-6-8-14)15-11-9-13(2)10-12-15/h4-12,17,23H,3H2,1-2H3,(H,20,21,24)/t17-/m1/s1. The molecule has 0 aliphatic rings. The number of aryl methyl sites for hydroxylation is 1. The molecule has 0 aliphatic carbocycles.